The predicted octanol–water partition coefficient (Wildman–Crippen LogP) is 1.85. The largest absolute Gasteiger partial charge is 0.480 e. The minimum atomic E-state index is -0.923. The summed E-state index contributed by atoms with van der Waals surface area (Å²) in [5.41, 5.74) is 0.665. The lowest BCUT2D eigenvalue weighted by atomic mass is 10.1. The highest BCUT2D eigenvalue weighted by Crippen LogP contribution is 2.22. The van der Waals surface area contributed by atoms with Gasteiger partial charge >= 0.3 is 5.97 Å². The number of nitrogens with zero attached hydrogens (tertiary/aromatic N) is 4. The molecule has 6 nitrogen and oxygen atoms in total. The lowest BCUT2D eigenvalue weighted by Gasteiger charge is -2.33. The molecule has 8 heteroatoms. The van der Waals surface area contributed by atoms with Gasteiger partial charge in [-0.3, -0.25) is 9.69 Å². The second-order valence-electron chi connectivity index (χ2n) is 5.28. The van der Waals surface area contributed by atoms with Gasteiger partial charge in [0.2, 0.25) is 0 Å². The zero-order valence-electron chi connectivity index (χ0n) is 11.8. The molecule has 22 heavy (non-hydrogen) atoms. The third-order valence-electron chi connectivity index (χ3n) is 3.81. The molecule has 3 rings (SSSR count). The maximum atomic E-state index is 13.5. The molecule has 0 amide bonds. The average molecular weight is 325 g/mol. The predicted molar refractivity (Wildman–Crippen MR) is 76.8 cm³/mol. The van der Waals surface area contributed by atoms with Crippen LogP contribution in [0.25, 0.3) is 0 Å². The van der Waals surface area contributed by atoms with Gasteiger partial charge in [0.25, 0.3) is 0 Å². The van der Waals surface area contributed by atoms with Crippen LogP contribution in [0.15, 0.2) is 18.2 Å². The van der Waals surface area contributed by atoms with Gasteiger partial charge < -0.3 is 9.67 Å². The van der Waals surface area contributed by atoms with Crippen LogP contribution in [0.1, 0.15) is 17.2 Å². The van der Waals surface area contributed by atoms with Crippen molar-refractivity contribution in [3.05, 3.63) is 46.3 Å². The van der Waals surface area contributed by atoms with E-state index in [9.17, 15) is 14.3 Å². The molecule has 1 aliphatic rings. The molecule has 1 unspecified atom stereocenters. The summed E-state index contributed by atoms with van der Waals surface area (Å²) >= 11 is 5.67. The van der Waals surface area contributed by atoms with E-state index in [2.05, 4.69) is 10.2 Å². The molecule has 1 aromatic carbocycles. The molecule has 0 bridgehead atoms. The van der Waals surface area contributed by atoms with Gasteiger partial charge in [-0.25, -0.2) is 4.39 Å². The van der Waals surface area contributed by atoms with E-state index in [0.717, 1.165) is 0 Å². The van der Waals surface area contributed by atoms with E-state index < -0.39 is 17.8 Å². The van der Waals surface area contributed by atoms with Gasteiger partial charge in [0.15, 0.2) is 0 Å². The molecule has 2 aromatic rings. The highest BCUT2D eigenvalue weighted by atomic mass is 35.5. The maximum Gasteiger partial charge on any atom is 0.322 e. The maximum absolute atomic E-state index is 13.5. The molecule has 1 atom stereocenters. The van der Waals surface area contributed by atoms with Crippen molar-refractivity contribution in [3.8, 4) is 0 Å². The van der Waals surface area contributed by atoms with Crippen molar-refractivity contribution in [1.29, 1.82) is 0 Å². The molecule has 0 aliphatic carbocycles. The van der Waals surface area contributed by atoms with E-state index in [1.807, 2.05) is 0 Å². The quantitative estimate of drug-likeness (QED) is 0.933. The molecule has 0 saturated carbocycles. The Morgan fingerprint density at radius 1 is 1.50 bits per heavy atom. The standard InChI is InChI=1S/C14H14ClFN4O2/c1-8-17-18-13-7-19(12(14(21)22)6-20(8)13)5-9-2-3-10(15)11(16)4-9/h2-4,12H,5-7H2,1H3,(H,21,22). The van der Waals surface area contributed by atoms with Crippen LogP contribution >= 0.6 is 11.6 Å². The average Bonchev–Trinajstić information content (AvgIpc) is 2.83. The van der Waals surface area contributed by atoms with Gasteiger partial charge in [-0.15, -0.1) is 10.2 Å². The Bertz CT molecular complexity index is 734. The first-order valence-corrected chi connectivity index (χ1v) is 7.13. The Balaban J connectivity index is 1.87. The first kappa shape index (κ1) is 14.9. The van der Waals surface area contributed by atoms with Gasteiger partial charge in [-0.1, -0.05) is 17.7 Å². The van der Waals surface area contributed by atoms with Crippen LogP contribution in [0.2, 0.25) is 5.02 Å². The summed E-state index contributed by atoms with van der Waals surface area (Å²) in [4.78, 5) is 13.3. The third kappa shape index (κ3) is 2.69. The van der Waals surface area contributed by atoms with E-state index in [1.54, 1.807) is 22.5 Å². The number of rotatable bonds is 3. The molecular weight excluding hydrogens is 311 g/mol. The SMILES string of the molecule is Cc1nnc2n1CC(C(=O)O)N(Cc1ccc(Cl)c(F)c1)C2. The number of aliphatic carboxylic acids is 1. The fourth-order valence-corrected chi connectivity index (χ4v) is 2.75. The highest BCUT2D eigenvalue weighted by Gasteiger charge is 2.33. The molecule has 0 saturated heterocycles. The first-order chi connectivity index (χ1) is 10.5. The van der Waals surface area contributed by atoms with Gasteiger partial charge in [-0.05, 0) is 24.6 Å². The molecule has 1 aromatic heterocycles. The number of halogens is 2. The van der Waals surface area contributed by atoms with Crippen LogP contribution < -0.4 is 0 Å². The summed E-state index contributed by atoms with van der Waals surface area (Å²) < 4.78 is 15.3. The molecule has 2 heterocycles. The number of aryl methyl sites for hydroxylation is 1. The van der Waals surface area contributed by atoms with Gasteiger partial charge in [0, 0.05) is 6.54 Å². The summed E-state index contributed by atoms with van der Waals surface area (Å²) in [6.45, 7) is 2.72. The highest BCUT2D eigenvalue weighted by molar-refractivity contribution is 6.30. The fraction of sp³-hybridized carbons (Fsp3) is 0.357. The first-order valence-electron chi connectivity index (χ1n) is 6.75. The third-order valence-corrected chi connectivity index (χ3v) is 4.11. The van der Waals surface area contributed by atoms with Crippen molar-refractivity contribution in [2.75, 3.05) is 0 Å². The fourth-order valence-electron chi connectivity index (χ4n) is 2.63. The summed E-state index contributed by atoms with van der Waals surface area (Å²) in [6.07, 6.45) is 0. The number of aromatic nitrogens is 3. The summed E-state index contributed by atoms with van der Waals surface area (Å²) in [5, 5.41) is 17.5. The second-order valence-corrected chi connectivity index (χ2v) is 5.69. The van der Waals surface area contributed by atoms with Gasteiger partial charge in [0.05, 0.1) is 18.1 Å². The van der Waals surface area contributed by atoms with Crippen LogP contribution in [-0.2, 0) is 24.4 Å². The summed E-state index contributed by atoms with van der Waals surface area (Å²) in [5.74, 6) is -0.0295. The van der Waals surface area contributed by atoms with Crippen molar-refractivity contribution in [2.24, 2.45) is 0 Å². The molecule has 116 valence electrons. The topological polar surface area (TPSA) is 71.2 Å². The lowest BCUT2D eigenvalue weighted by molar-refractivity contribution is -0.145. The minimum absolute atomic E-state index is 0.0487. The number of hydrogen-bond donors (Lipinski definition) is 1. The number of carboxylic acid groups (broad SMARTS) is 1. The van der Waals surface area contributed by atoms with E-state index in [4.69, 9.17) is 11.6 Å². The Morgan fingerprint density at radius 3 is 2.95 bits per heavy atom. The Kier molecular flexibility index (Phi) is 3.84. The smallest absolute Gasteiger partial charge is 0.322 e. The van der Waals surface area contributed by atoms with E-state index >= 15 is 0 Å². The molecule has 1 N–H and O–H groups in total. The molecule has 0 spiro atoms. The van der Waals surface area contributed by atoms with Crippen LogP contribution in [0.4, 0.5) is 4.39 Å². The zero-order chi connectivity index (χ0) is 15.9. The molecule has 0 fully saturated rings. The minimum Gasteiger partial charge on any atom is -0.480 e. The summed E-state index contributed by atoms with van der Waals surface area (Å²) in [7, 11) is 0. The Morgan fingerprint density at radius 2 is 2.27 bits per heavy atom. The van der Waals surface area contributed by atoms with E-state index in [1.165, 1.54) is 12.1 Å². The monoisotopic (exact) mass is 324 g/mol. The number of carbonyl (C=O) groups is 1. The zero-order valence-corrected chi connectivity index (χ0v) is 12.6. The van der Waals surface area contributed by atoms with Crippen LogP contribution in [0.5, 0.6) is 0 Å². The number of fused-ring (bicyclic) bond motifs is 1. The Labute approximate surface area is 131 Å². The normalized spacial score (nSPS) is 18.2. The van der Waals surface area contributed by atoms with Crippen LogP contribution in [0, 0.1) is 12.7 Å². The number of hydrogen-bond acceptors (Lipinski definition) is 4. The van der Waals surface area contributed by atoms with E-state index in [0.29, 0.717) is 30.3 Å². The molecule has 0 radical (unpaired) electrons. The lowest BCUT2D eigenvalue weighted by Crippen LogP contribution is -2.47. The van der Waals surface area contributed by atoms with Crippen molar-refractivity contribution < 1.29 is 14.3 Å². The van der Waals surface area contributed by atoms with Crippen molar-refractivity contribution >= 4 is 17.6 Å². The number of carboxylic acids is 1. The van der Waals surface area contributed by atoms with E-state index in [-0.39, 0.29) is 11.6 Å². The Hall–Kier alpha value is -1.99. The van der Waals surface area contributed by atoms with Crippen LogP contribution in [-0.4, -0.2) is 36.8 Å². The second kappa shape index (κ2) is 5.66. The van der Waals surface area contributed by atoms with Crippen LogP contribution in [0.3, 0.4) is 0 Å². The van der Waals surface area contributed by atoms with Crippen molar-refractivity contribution in [3.63, 3.8) is 0 Å². The van der Waals surface area contributed by atoms with Gasteiger partial charge in [-0.2, -0.15) is 0 Å². The number of benzene rings is 1. The molecular formula is C14H14ClFN4O2. The summed E-state index contributed by atoms with van der Waals surface area (Å²) in [6, 6.07) is 3.78. The van der Waals surface area contributed by atoms with Gasteiger partial charge in [0.1, 0.15) is 23.5 Å². The molecule has 1 aliphatic heterocycles. The van der Waals surface area contributed by atoms with Crippen molar-refractivity contribution in [1.82, 2.24) is 19.7 Å². The van der Waals surface area contributed by atoms with Crippen molar-refractivity contribution in [2.45, 2.75) is 32.6 Å².